The number of fused-ring (bicyclic) bond motifs is 1. The molecule has 2 atom stereocenters. The molecule has 0 bridgehead atoms. The van der Waals surface area contributed by atoms with Crippen LogP contribution in [0.2, 0.25) is 0 Å². The summed E-state index contributed by atoms with van der Waals surface area (Å²) < 4.78 is 5.73. The van der Waals surface area contributed by atoms with Gasteiger partial charge in [-0.3, -0.25) is 10.4 Å². The molecule has 3 rings (SSSR count). The van der Waals surface area contributed by atoms with Crippen LogP contribution in [-0.2, 0) is 4.74 Å². The highest BCUT2D eigenvalue weighted by Gasteiger charge is 2.23. The Bertz CT molecular complexity index is 761. The molecule has 6 heteroatoms. The van der Waals surface area contributed by atoms with Crippen molar-refractivity contribution in [1.82, 2.24) is 15.3 Å². The molecule has 1 N–H and O–H groups in total. The number of morpholine rings is 1. The minimum atomic E-state index is 0.165. The molecule has 0 amide bonds. The zero-order valence-corrected chi connectivity index (χ0v) is 15.0. The Hall–Kier alpha value is -2.05. The van der Waals surface area contributed by atoms with Crippen molar-refractivity contribution >= 4 is 33.8 Å². The Morgan fingerprint density at radius 1 is 1.25 bits per heavy atom. The van der Waals surface area contributed by atoms with Crippen LogP contribution in [-0.4, -0.2) is 46.0 Å². The van der Waals surface area contributed by atoms with E-state index in [1.807, 2.05) is 25.1 Å². The van der Waals surface area contributed by atoms with Gasteiger partial charge in [-0.05, 0) is 44.4 Å². The maximum Gasteiger partial charge on any atom is 0.189 e. The summed E-state index contributed by atoms with van der Waals surface area (Å²) in [7, 11) is 0. The van der Waals surface area contributed by atoms with Gasteiger partial charge in [0, 0.05) is 24.7 Å². The van der Waals surface area contributed by atoms with Crippen LogP contribution in [0.5, 0.6) is 0 Å². The number of hydrogen-bond donors (Lipinski definition) is 1. The minimum absolute atomic E-state index is 0.165. The van der Waals surface area contributed by atoms with E-state index < -0.39 is 0 Å². The third-order valence-corrected chi connectivity index (χ3v) is 4.39. The summed E-state index contributed by atoms with van der Waals surface area (Å²) in [6, 6.07) is 10.2. The molecule has 2 aromatic rings. The predicted molar refractivity (Wildman–Crippen MR) is 101 cm³/mol. The van der Waals surface area contributed by atoms with Gasteiger partial charge in [0.25, 0.3) is 0 Å². The molecule has 1 aliphatic heterocycles. The molecule has 1 aromatic heterocycles. The molecular weight excluding hydrogens is 320 g/mol. The number of hydrogen-bond acceptors (Lipinski definition) is 4. The van der Waals surface area contributed by atoms with Crippen LogP contribution in [0.25, 0.3) is 10.8 Å². The lowest BCUT2D eigenvalue weighted by atomic mass is 10.1. The van der Waals surface area contributed by atoms with E-state index in [2.05, 4.69) is 46.4 Å². The van der Waals surface area contributed by atoms with Gasteiger partial charge in [0.2, 0.25) is 0 Å². The van der Waals surface area contributed by atoms with Gasteiger partial charge in [-0.1, -0.05) is 24.3 Å². The molecule has 0 aliphatic carbocycles. The maximum atomic E-state index is 5.73. The van der Waals surface area contributed by atoms with Crippen LogP contribution in [0, 0.1) is 0 Å². The van der Waals surface area contributed by atoms with E-state index in [0.29, 0.717) is 5.11 Å². The molecule has 2 heterocycles. The summed E-state index contributed by atoms with van der Waals surface area (Å²) in [5, 5.41) is 7.31. The molecular formula is C18H22N4OS. The zero-order valence-electron chi connectivity index (χ0n) is 14.2. The first-order chi connectivity index (χ1) is 11.5. The van der Waals surface area contributed by atoms with Crippen molar-refractivity contribution in [2.45, 2.75) is 33.0 Å². The smallest absolute Gasteiger partial charge is 0.189 e. The molecule has 1 saturated heterocycles. The molecule has 2 unspecified atom stereocenters. The molecule has 24 heavy (non-hydrogen) atoms. The molecule has 126 valence electrons. The molecule has 1 aliphatic rings. The number of aromatic nitrogens is 1. The predicted octanol–water partition coefficient (Wildman–Crippen LogP) is 2.94. The van der Waals surface area contributed by atoms with Gasteiger partial charge in [0.1, 0.15) is 0 Å². The first kappa shape index (κ1) is 16.8. The van der Waals surface area contributed by atoms with Crippen LogP contribution in [0.3, 0.4) is 0 Å². The van der Waals surface area contributed by atoms with E-state index in [0.717, 1.165) is 35.3 Å². The highest BCUT2D eigenvalue weighted by Crippen LogP contribution is 2.17. The highest BCUT2D eigenvalue weighted by atomic mass is 32.1. The second-order valence-corrected chi connectivity index (χ2v) is 6.54. The van der Waals surface area contributed by atoms with Crippen molar-refractivity contribution in [2.75, 3.05) is 13.1 Å². The van der Waals surface area contributed by atoms with E-state index in [1.54, 1.807) is 6.20 Å². The Labute approximate surface area is 147 Å². The van der Waals surface area contributed by atoms with Crippen molar-refractivity contribution in [3.8, 4) is 0 Å². The van der Waals surface area contributed by atoms with E-state index in [9.17, 15) is 0 Å². The quantitative estimate of drug-likeness (QED) is 0.517. The Morgan fingerprint density at radius 3 is 2.71 bits per heavy atom. The van der Waals surface area contributed by atoms with Gasteiger partial charge in [-0.15, -0.1) is 0 Å². The fraction of sp³-hybridized carbons (Fsp3) is 0.389. The number of benzene rings is 1. The Kier molecular flexibility index (Phi) is 5.06. The number of nitrogens with one attached hydrogen (secondary N) is 1. The molecule has 0 saturated carbocycles. The molecule has 1 fully saturated rings. The van der Waals surface area contributed by atoms with E-state index in [1.165, 1.54) is 0 Å². The summed E-state index contributed by atoms with van der Waals surface area (Å²) in [6.45, 7) is 7.60. The number of rotatable bonds is 2. The van der Waals surface area contributed by atoms with Crippen molar-refractivity contribution in [1.29, 1.82) is 0 Å². The third kappa shape index (κ3) is 3.71. The third-order valence-electron chi connectivity index (χ3n) is 4.04. The van der Waals surface area contributed by atoms with E-state index in [4.69, 9.17) is 17.0 Å². The van der Waals surface area contributed by atoms with Crippen molar-refractivity contribution in [2.24, 2.45) is 5.10 Å². The van der Waals surface area contributed by atoms with Crippen LogP contribution in [0.15, 0.2) is 41.6 Å². The standard InChI is InChI=1S/C18H22N4OS/c1-12-10-22(11-13(2)23-12)18(24)21-20-14(3)17-16-7-5-4-6-15(16)8-9-19-17/h4-9,12-13H,10-11H2,1-3H3,(H,21,24)/b20-14+. The SMILES string of the molecule is C/C(=N\NC(=S)N1CC(C)OC(C)C1)c1nccc2ccccc12. The lowest BCUT2D eigenvalue weighted by Gasteiger charge is -2.36. The van der Waals surface area contributed by atoms with Crippen molar-refractivity contribution in [3.05, 3.63) is 42.2 Å². The average molecular weight is 342 g/mol. The second-order valence-electron chi connectivity index (χ2n) is 6.16. The fourth-order valence-electron chi connectivity index (χ4n) is 3.01. The molecule has 0 spiro atoms. The van der Waals surface area contributed by atoms with Gasteiger partial charge < -0.3 is 9.64 Å². The maximum absolute atomic E-state index is 5.73. The normalized spacial score (nSPS) is 21.8. The zero-order chi connectivity index (χ0) is 17.1. The van der Waals surface area contributed by atoms with Gasteiger partial charge in [-0.25, -0.2) is 0 Å². The minimum Gasteiger partial charge on any atom is -0.372 e. The lowest BCUT2D eigenvalue weighted by Crippen LogP contribution is -2.50. The van der Waals surface area contributed by atoms with E-state index in [-0.39, 0.29) is 12.2 Å². The average Bonchev–Trinajstić information content (AvgIpc) is 2.58. The van der Waals surface area contributed by atoms with Gasteiger partial charge in [-0.2, -0.15) is 5.10 Å². The summed E-state index contributed by atoms with van der Waals surface area (Å²) >= 11 is 5.48. The number of ether oxygens (including phenoxy) is 1. The summed E-state index contributed by atoms with van der Waals surface area (Å²) in [5.41, 5.74) is 4.68. The summed E-state index contributed by atoms with van der Waals surface area (Å²) in [4.78, 5) is 6.57. The van der Waals surface area contributed by atoms with Gasteiger partial charge in [0.15, 0.2) is 5.11 Å². The number of nitrogens with zero attached hydrogens (tertiary/aromatic N) is 3. The van der Waals surface area contributed by atoms with Crippen LogP contribution in [0.1, 0.15) is 26.5 Å². The van der Waals surface area contributed by atoms with Crippen molar-refractivity contribution in [3.63, 3.8) is 0 Å². The Balaban J connectivity index is 1.75. The molecule has 0 radical (unpaired) electrons. The highest BCUT2D eigenvalue weighted by molar-refractivity contribution is 7.80. The first-order valence-electron chi connectivity index (χ1n) is 8.13. The topological polar surface area (TPSA) is 49.8 Å². The van der Waals surface area contributed by atoms with Crippen LogP contribution >= 0.6 is 12.2 Å². The lowest BCUT2D eigenvalue weighted by molar-refractivity contribution is -0.0481. The monoisotopic (exact) mass is 342 g/mol. The van der Waals surface area contributed by atoms with Crippen LogP contribution < -0.4 is 5.43 Å². The summed E-state index contributed by atoms with van der Waals surface area (Å²) in [5.74, 6) is 0. The fourth-order valence-corrected chi connectivity index (χ4v) is 3.20. The number of thiocarbonyl (C=S) groups is 1. The van der Waals surface area contributed by atoms with Crippen LogP contribution in [0.4, 0.5) is 0 Å². The van der Waals surface area contributed by atoms with Gasteiger partial charge >= 0.3 is 0 Å². The largest absolute Gasteiger partial charge is 0.372 e. The van der Waals surface area contributed by atoms with Gasteiger partial charge in [0.05, 0.1) is 23.6 Å². The number of pyridine rings is 1. The second kappa shape index (κ2) is 7.23. The first-order valence-corrected chi connectivity index (χ1v) is 8.54. The van der Waals surface area contributed by atoms with Crippen molar-refractivity contribution < 1.29 is 4.74 Å². The number of hydrazone groups is 1. The molecule has 5 nitrogen and oxygen atoms in total. The summed E-state index contributed by atoms with van der Waals surface area (Å²) in [6.07, 6.45) is 2.14. The van der Waals surface area contributed by atoms with E-state index >= 15 is 0 Å². The molecule has 1 aromatic carbocycles. The Morgan fingerprint density at radius 2 is 1.96 bits per heavy atom.